The molecule has 0 aliphatic heterocycles. The molecule has 0 fully saturated rings. The molecule has 3 aromatic rings. The molecule has 0 aliphatic carbocycles. The van der Waals surface area contributed by atoms with Crippen LogP contribution in [0.25, 0.3) is 21.5 Å². The van der Waals surface area contributed by atoms with E-state index in [1.54, 1.807) is 4.57 Å². The van der Waals surface area contributed by atoms with Crippen molar-refractivity contribution in [1.29, 1.82) is 5.26 Å². The molecule has 9 heteroatoms. The first-order chi connectivity index (χ1) is 16.2. The van der Waals surface area contributed by atoms with Gasteiger partial charge < -0.3 is 26.5 Å². The fraction of sp³-hybridized carbons (Fsp3) is 0.360. The molecule has 3 rings (SSSR count). The summed E-state index contributed by atoms with van der Waals surface area (Å²) in [5, 5.41) is 25.9. The number of guanidine groups is 1. The fourth-order valence-corrected chi connectivity index (χ4v) is 4.11. The van der Waals surface area contributed by atoms with Crippen molar-refractivity contribution in [3.05, 3.63) is 48.3 Å². The van der Waals surface area contributed by atoms with E-state index in [9.17, 15) is 20.0 Å². The SMILES string of the molecule is CC(C)C[C@@H](C(=O)N[C@@H](CCCN=C(N)N)C(=O)O)n1cc2cc3ccccc3cc2c1C#N. The van der Waals surface area contributed by atoms with Crippen LogP contribution in [0.5, 0.6) is 0 Å². The number of carbonyl (C=O) groups excluding carboxylic acids is 1. The Morgan fingerprint density at radius 1 is 1.18 bits per heavy atom. The number of hydrogen-bond donors (Lipinski definition) is 4. The number of aromatic nitrogens is 1. The minimum Gasteiger partial charge on any atom is -0.480 e. The smallest absolute Gasteiger partial charge is 0.326 e. The van der Waals surface area contributed by atoms with Gasteiger partial charge >= 0.3 is 5.97 Å². The molecule has 34 heavy (non-hydrogen) atoms. The van der Waals surface area contributed by atoms with Crippen molar-refractivity contribution in [2.24, 2.45) is 22.4 Å². The molecule has 0 bridgehead atoms. The second-order valence-electron chi connectivity index (χ2n) is 8.78. The van der Waals surface area contributed by atoms with Crippen molar-refractivity contribution in [3.8, 4) is 6.07 Å². The average Bonchev–Trinajstić information content (AvgIpc) is 3.14. The first-order valence-corrected chi connectivity index (χ1v) is 11.2. The molecule has 9 nitrogen and oxygen atoms in total. The third-order valence-corrected chi connectivity index (χ3v) is 5.71. The van der Waals surface area contributed by atoms with Crippen LogP contribution in [0.4, 0.5) is 0 Å². The minimum atomic E-state index is -1.13. The number of nitrogens with zero attached hydrogens (tertiary/aromatic N) is 3. The number of aliphatic carboxylic acids is 1. The number of nitrogens with two attached hydrogens (primary N) is 2. The van der Waals surface area contributed by atoms with Crippen molar-refractivity contribution >= 4 is 39.4 Å². The van der Waals surface area contributed by atoms with Crippen LogP contribution in [0.3, 0.4) is 0 Å². The molecular weight excluding hydrogens is 432 g/mol. The highest BCUT2D eigenvalue weighted by Gasteiger charge is 2.29. The highest BCUT2D eigenvalue weighted by molar-refractivity contribution is 6.01. The van der Waals surface area contributed by atoms with E-state index < -0.39 is 24.0 Å². The van der Waals surface area contributed by atoms with Crippen LogP contribution in [0.15, 0.2) is 47.6 Å². The van der Waals surface area contributed by atoms with Crippen LogP contribution >= 0.6 is 0 Å². The maximum atomic E-state index is 13.3. The third-order valence-electron chi connectivity index (χ3n) is 5.71. The lowest BCUT2D eigenvalue weighted by Gasteiger charge is -2.23. The van der Waals surface area contributed by atoms with Crippen LogP contribution in [0, 0.1) is 17.2 Å². The summed E-state index contributed by atoms with van der Waals surface area (Å²) in [6.45, 7) is 4.23. The van der Waals surface area contributed by atoms with Gasteiger partial charge in [-0.15, -0.1) is 0 Å². The molecule has 0 radical (unpaired) electrons. The number of carboxylic acids is 1. The van der Waals surface area contributed by atoms with Crippen LogP contribution in [-0.4, -0.2) is 40.1 Å². The van der Waals surface area contributed by atoms with Gasteiger partial charge in [0.15, 0.2) is 5.96 Å². The van der Waals surface area contributed by atoms with Crippen molar-refractivity contribution in [2.45, 2.75) is 45.2 Å². The molecule has 2 atom stereocenters. The maximum Gasteiger partial charge on any atom is 0.326 e. The van der Waals surface area contributed by atoms with Gasteiger partial charge in [0.05, 0.1) is 0 Å². The number of benzene rings is 2. The van der Waals surface area contributed by atoms with E-state index >= 15 is 0 Å². The van der Waals surface area contributed by atoms with Gasteiger partial charge in [0.1, 0.15) is 23.8 Å². The van der Waals surface area contributed by atoms with Gasteiger partial charge in [-0.2, -0.15) is 5.26 Å². The van der Waals surface area contributed by atoms with E-state index in [-0.39, 0.29) is 24.8 Å². The largest absolute Gasteiger partial charge is 0.480 e. The Balaban J connectivity index is 1.94. The molecule has 1 aromatic heterocycles. The van der Waals surface area contributed by atoms with E-state index in [4.69, 9.17) is 11.5 Å². The van der Waals surface area contributed by atoms with Gasteiger partial charge in [-0.05, 0) is 48.1 Å². The second-order valence-corrected chi connectivity index (χ2v) is 8.78. The summed E-state index contributed by atoms with van der Waals surface area (Å²) in [5.41, 5.74) is 11.0. The Morgan fingerprint density at radius 3 is 2.44 bits per heavy atom. The standard InChI is InChI=1S/C25H30N6O3/c1-15(2)10-21(23(32)30-20(24(33)34)8-5-9-29-25(27)28)31-14-18-11-16-6-3-4-7-17(16)12-19(18)22(31)13-26/h3-4,6-7,11-12,14-15,20-21H,5,8-10H2,1-2H3,(H,30,32)(H,33,34)(H4,27,28,29)/t20-,21-/m0/s1. The Morgan fingerprint density at radius 2 is 1.85 bits per heavy atom. The zero-order valence-electron chi connectivity index (χ0n) is 19.4. The Kier molecular flexibility index (Phi) is 7.74. The predicted octanol–water partition coefficient (Wildman–Crippen LogP) is 2.88. The molecule has 178 valence electrons. The zero-order chi connectivity index (χ0) is 24.8. The number of nitrogens with one attached hydrogen (secondary N) is 1. The third kappa shape index (κ3) is 5.64. The topological polar surface area (TPSA) is 160 Å². The van der Waals surface area contributed by atoms with E-state index in [0.717, 1.165) is 21.5 Å². The van der Waals surface area contributed by atoms with Crippen molar-refractivity contribution in [1.82, 2.24) is 9.88 Å². The molecular formula is C25H30N6O3. The summed E-state index contributed by atoms with van der Waals surface area (Å²) in [4.78, 5) is 29.0. The van der Waals surface area contributed by atoms with Crippen LogP contribution in [-0.2, 0) is 9.59 Å². The minimum absolute atomic E-state index is 0.0655. The van der Waals surface area contributed by atoms with Crippen LogP contribution in [0.1, 0.15) is 44.8 Å². The van der Waals surface area contributed by atoms with E-state index in [2.05, 4.69) is 16.4 Å². The van der Waals surface area contributed by atoms with Gasteiger partial charge in [0, 0.05) is 23.5 Å². The van der Waals surface area contributed by atoms with E-state index in [1.807, 2.05) is 56.4 Å². The van der Waals surface area contributed by atoms with Gasteiger partial charge in [-0.1, -0.05) is 38.1 Å². The molecule has 0 saturated carbocycles. The molecule has 0 unspecified atom stereocenters. The predicted molar refractivity (Wildman–Crippen MR) is 132 cm³/mol. The number of carboxylic acid groups (broad SMARTS) is 1. The molecule has 6 N–H and O–H groups in total. The lowest BCUT2D eigenvalue weighted by atomic mass is 10.0. The number of carbonyl (C=O) groups is 2. The summed E-state index contributed by atoms with van der Waals surface area (Å²) in [7, 11) is 0. The molecule has 0 saturated heterocycles. The monoisotopic (exact) mass is 462 g/mol. The molecule has 0 aliphatic rings. The van der Waals surface area contributed by atoms with Gasteiger partial charge in [0.25, 0.3) is 0 Å². The maximum absolute atomic E-state index is 13.3. The Labute approximate surface area is 198 Å². The number of amides is 1. The molecule has 0 spiro atoms. The van der Waals surface area contributed by atoms with E-state index in [0.29, 0.717) is 18.5 Å². The van der Waals surface area contributed by atoms with E-state index in [1.165, 1.54) is 0 Å². The first-order valence-electron chi connectivity index (χ1n) is 11.2. The fourth-order valence-electron chi connectivity index (χ4n) is 4.11. The summed E-state index contributed by atoms with van der Waals surface area (Å²) in [6.07, 6.45) is 2.83. The lowest BCUT2D eigenvalue weighted by molar-refractivity contribution is -0.142. The highest BCUT2D eigenvalue weighted by Crippen LogP contribution is 2.31. The summed E-state index contributed by atoms with van der Waals surface area (Å²) in [5.74, 6) is -1.50. The van der Waals surface area contributed by atoms with Crippen LogP contribution in [0.2, 0.25) is 0 Å². The number of nitriles is 1. The molecule has 2 aromatic carbocycles. The molecule has 1 amide bonds. The quantitative estimate of drug-likeness (QED) is 0.206. The molecule has 1 heterocycles. The summed E-state index contributed by atoms with van der Waals surface area (Å²) < 4.78 is 1.68. The van der Waals surface area contributed by atoms with Crippen molar-refractivity contribution < 1.29 is 14.7 Å². The van der Waals surface area contributed by atoms with Crippen molar-refractivity contribution in [3.63, 3.8) is 0 Å². The average molecular weight is 463 g/mol. The Hall–Kier alpha value is -4.06. The van der Waals surface area contributed by atoms with Crippen molar-refractivity contribution in [2.75, 3.05) is 6.54 Å². The summed E-state index contributed by atoms with van der Waals surface area (Å²) >= 11 is 0. The van der Waals surface area contributed by atoms with Gasteiger partial charge in [-0.25, -0.2) is 4.79 Å². The first kappa shape index (κ1) is 24.6. The zero-order valence-corrected chi connectivity index (χ0v) is 19.4. The lowest BCUT2D eigenvalue weighted by Crippen LogP contribution is -2.44. The van der Waals surface area contributed by atoms with Crippen LogP contribution < -0.4 is 16.8 Å². The second kappa shape index (κ2) is 10.7. The van der Waals surface area contributed by atoms with Gasteiger partial charge in [0.2, 0.25) is 5.91 Å². The highest BCUT2D eigenvalue weighted by atomic mass is 16.4. The number of fused-ring (bicyclic) bond motifs is 2. The Bertz CT molecular complexity index is 1270. The normalized spacial score (nSPS) is 12.9. The van der Waals surface area contributed by atoms with Gasteiger partial charge in [-0.3, -0.25) is 9.79 Å². The number of hydrogen-bond acceptors (Lipinski definition) is 4. The number of aliphatic imine (C=N–C) groups is 1. The summed E-state index contributed by atoms with van der Waals surface area (Å²) in [6, 6.07) is 12.2. The number of rotatable bonds is 10.